The molecule has 72 valence electrons. The maximum Gasteiger partial charge on any atom is 0.290 e. The van der Waals surface area contributed by atoms with Crippen molar-refractivity contribution in [1.29, 1.82) is 0 Å². The summed E-state index contributed by atoms with van der Waals surface area (Å²) in [5.74, 6) is 0. The third-order valence-electron chi connectivity index (χ3n) is 2.44. The van der Waals surface area contributed by atoms with Crippen LogP contribution >= 0.6 is 0 Å². The van der Waals surface area contributed by atoms with Crippen LogP contribution in [0.1, 0.15) is 39.0 Å². The summed E-state index contributed by atoms with van der Waals surface area (Å²) in [4.78, 5) is 8.36. The largest absolute Gasteiger partial charge is 0.483 e. The molecule has 0 saturated heterocycles. The van der Waals surface area contributed by atoms with E-state index in [0.29, 0.717) is 6.61 Å². The van der Waals surface area contributed by atoms with Crippen molar-refractivity contribution in [3.05, 3.63) is 0 Å². The number of hydrogen-bond acceptors (Lipinski definition) is 2. The van der Waals surface area contributed by atoms with Gasteiger partial charge in [0.1, 0.15) is 0 Å². The number of hydrogen-bond donors (Lipinski definition) is 2. The lowest BCUT2D eigenvalue weighted by Crippen LogP contribution is -2.23. The Kier molecular flexibility index (Phi) is 5.72. The van der Waals surface area contributed by atoms with Gasteiger partial charge in [-0.1, -0.05) is 26.2 Å². The van der Waals surface area contributed by atoms with E-state index in [1.54, 1.807) is 0 Å². The number of carboxylic acid groups (broad SMARTS) is 1. The molecule has 0 atom stereocenters. The van der Waals surface area contributed by atoms with E-state index in [-0.39, 0.29) is 11.9 Å². The van der Waals surface area contributed by atoms with Gasteiger partial charge in [0.2, 0.25) is 0 Å². The Bertz CT molecular complexity index is 117. The molecule has 1 fully saturated rings. The minimum absolute atomic E-state index is 0.250. The molecule has 2 N–H and O–H groups in total. The monoisotopic (exact) mass is 174 g/mol. The molecule has 1 aliphatic rings. The molecule has 0 spiro atoms. The summed E-state index contributed by atoms with van der Waals surface area (Å²) in [5, 5.41) is 15.8. The van der Waals surface area contributed by atoms with Crippen molar-refractivity contribution in [2.75, 3.05) is 6.61 Å². The molecule has 0 unspecified atom stereocenters. The normalized spacial score (nSPS) is 20.5. The van der Waals surface area contributed by atoms with Gasteiger partial charge >= 0.3 is 0 Å². The lowest BCUT2D eigenvalue weighted by atomic mass is 9.76. The summed E-state index contributed by atoms with van der Waals surface area (Å²) in [6.45, 7) is 2.32. The lowest BCUT2D eigenvalue weighted by molar-refractivity contribution is -0.122. The Morgan fingerprint density at radius 1 is 1.33 bits per heavy atom. The fourth-order valence-electron chi connectivity index (χ4n) is 1.56. The van der Waals surface area contributed by atoms with E-state index in [9.17, 15) is 0 Å². The predicted octanol–water partition coefficient (Wildman–Crippen LogP) is 1.65. The molecule has 3 nitrogen and oxygen atoms in total. The van der Waals surface area contributed by atoms with Crippen LogP contribution in [0.5, 0.6) is 0 Å². The molecule has 0 bridgehead atoms. The lowest BCUT2D eigenvalue weighted by Gasteiger charge is -2.31. The fraction of sp³-hybridized carbons (Fsp3) is 0.889. The van der Waals surface area contributed by atoms with E-state index in [0.717, 1.165) is 0 Å². The second-order valence-electron chi connectivity index (χ2n) is 3.63. The van der Waals surface area contributed by atoms with Crippen LogP contribution in [0.2, 0.25) is 0 Å². The van der Waals surface area contributed by atoms with Crippen LogP contribution in [0.25, 0.3) is 0 Å². The van der Waals surface area contributed by atoms with Gasteiger partial charge in [-0.25, -0.2) is 0 Å². The highest BCUT2D eigenvalue weighted by atomic mass is 16.3. The van der Waals surface area contributed by atoms with Gasteiger partial charge in [-0.15, -0.1) is 0 Å². The molecule has 1 saturated carbocycles. The molecule has 0 aromatic carbocycles. The molecule has 12 heavy (non-hydrogen) atoms. The maximum absolute atomic E-state index is 8.95. The predicted molar refractivity (Wildman–Crippen MR) is 47.0 cm³/mol. The molecule has 3 heteroatoms. The Hall–Kier alpha value is -0.570. The summed E-state index contributed by atoms with van der Waals surface area (Å²) in [6, 6.07) is 0. The van der Waals surface area contributed by atoms with Gasteiger partial charge in [-0.3, -0.25) is 4.79 Å². The van der Waals surface area contributed by atoms with E-state index in [2.05, 4.69) is 6.92 Å². The molecule has 0 aromatic heterocycles. The molecule has 0 aliphatic heterocycles. The van der Waals surface area contributed by atoms with Gasteiger partial charge in [0.25, 0.3) is 6.47 Å². The first-order valence-corrected chi connectivity index (χ1v) is 4.37. The average Bonchev–Trinajstić information content (AvgIpc) is 2.07. The molecule has 0 amide bonds. The zero-order valence-electron chi connectivity index (χ0n) is 7.62. The van der Waals surface area contributed by atoms with Gasteiger partial charge < -0.3 is 10.2 Å². The van der Waals surface area contributed by atoms with E-state index in [1.807, 2.05) is 0 Å². The Balaban J connectivity index is 0.000000354. The second-order valence-corrected chi connectivity index (χ2v) is 3.63. The van der Waals surface area contributed by atoms with Gasteiger partial charge in [-0.05, 0) is 18.3 Å². The van der Waals surface area contributed by atoms with Crippen LogP contribution in [0.4, 0.5) is 0 Å². The molecule has 0 heterocycles. The van der Waals surface area contributed by atoms with Crippen molar-refractivity contribution < 1.29 is 15.0 Å². The fourth-order valence-corrected chi connectivity index (χ4v) is 1.56. The SMILES string of the molecule is CC1(CO)CCCCC1.O=CO. The zero-order valence-corrected chi connectivity index (χ0v) is 7.62. The van der Waals surface area contributed by atoms with E-state index in [1.165, 1.54) is 32.1 Å². The first-order valence-electron chi connectivity index (χ1n) is 4.37. The molecule has 0 aromatic rings. The van der Waals surface area contributed by atoms with Crippen molar-refractivity contribution in [2.24, 2.45) is 5.41 Å². The maximum atomic E-state index is 8.95. The van der Waals surface area contributed by atoms with Crippen LogP contribution in [0, 0.1) is 5.41 Å². The Morgan fingerprint density at radius 3 is 2.00 bits per heavy atom. The summed E-state index contributed by atoms with van der Waals surface area (Å²) in [6.07, 6.45) is 6.46. The van der Waals surface area contributed by atoms with Crippen molar-refractivity contribution in [2.45, 2.75) is 39.0 Å². The minimum Gasteiger partial charge on any atom is -0.483 e. The van der Waals surface area contributed by atoms with Gasteiger partial charge in [0.15, 0.2) is 0 Å². The van der Waals surface area contributed by atoms with Gasteiger partial charge in [0, 0.05) is 6.61 Å². The summed E-state index contributed by atoms with van der Waals surface area (Å²) >= 11 is 0. The van der Waals surface area contributed by atoms with Gasteiger partial charge in [-0.2, -0.15) is 0 Å². The zero-order chi connectivity index (χ0) is 9.45. The van der Waals surface area contributed by atoms with Crippen LogP contribution in [0.3, 0.4) is 0 Å². The molecular weight excluding hydrogens is 156 g/mol. The van der Waals surface area contributed by atoms with E-state index in [4.69, 9.17) is 15.0 Å². The summed E-state index contributed by atoms with van der Waals surface area (Å²) in [7, 11) is 0. The third-order valence-corrected chi connectivity index (χ3v) is 2.44. The number of rotatable bonds is 1. The van der Waals surface area contributed by atoms with Crippen molar-refractivity contribution in [3.8, 4) is 0 Å². The first kappa shape index (κ1) is 11.4. The van der Waals surface area contributed by atoms with Crippen LogP contribution < -0.4 is 0 Å². The number of aliphatic hydroxyl groups excluding tert-OH is 1. The average molecular weight is 174 g/mol. The second kappa shape index (κ2) is 6.00. The topological polar surface area (TPSA) is 57.5 Å². The standard InChI is InChI=1S/C8H16O.CH2O2/c1-8(7-9)5-3-2-4-6-8;2-1-3/h9H,2-7H2,1H3;1H,(H,2,3). The molecular formula is C9H18O3. The van der Waals surface area contributed by atoms with E-state index >= 15 is 0 Å². The molecule has 1 aliphatic carbocycles. The highest BCUT2D eigenvalue weighted by Crippen LogP contribution is 2.34. The van der Waals surface area contributed by atoms with Crippen LogP contribution in [0.15, 0.2) is 0 Å². The third kappa shape index (κ3) is 4.34. The number of aliphatic hydroxyl groups is 1. The highest BCUT2D eigenvalue weighted by molar-refractivity contribution is 5.32. The smallest absolute Gasteiger partial charge is 0.290 e. The van der Waals surface area contributed by atoms with Crippen molar-refractivity contribution >= 4 is 6.47 Å². The van der Waals surface area contributed by atoms with Crippen LogP contribution in [-0.4, -0.2) is 23.3 Å². The molecule has 0 radical (unpaired) electrons. The first-order chi connectivity index (χ1) is 5.68. The van der Waals surface area contributed by atoms with Crippen LogP contribution in [-0.2, 0) is 4.79 Å². The summed E-state index contributed by atoms with van der Waals surface area (Å²) in [5.41, 5.74) is 0.276. The van der Waals surface area contributed by atoms with Crippen molar-refractivity contribution in [1.82, 2.24) is 0 Å². The highest BCUT2D eigenvalue weighted by Gasteiger charge is 2.25. The van der Waals surface area contributed by atoms with Crippen molar-refractivity contribution in [3.63, 3.8) is 0 Å². The minimum atomic E-state index is -0.250. The number of carbonyl (C=O) groups is 1. The van der Waals surface area contributed by atoms with Gasteiger partial charge in [0.05, 0.1) is 0 Å². The van der Waals surface area contributed by atoms with E-state index < -0.39 is 0 Å². The Morgan fingerprint density at radius 2 is 1.75 bits per heavy atom. The quantitative estimate of drug-likeness (QED) is 0.594. The summed E-state index contributed by atoms with van der Waals surface area (Å²) < 4.78 is 0. The molecule has 1 rings (SSSR count). The Labute approximate surface area is 73.4 Å².